The van der Waals surface area contributed by atoms with Crippen molar-refractivity contribution in [2.45, 2.75) is 71.6 Å². The minimum absolute atomic E-state index is 0.195. The molecule has 170 valence electrons. The number of sulfonamides is 1. The van der Waals surface area contributed by atoms with E-state index in [1.165, 1.54) is 31.3 Å². The lowest BCUT2D eigenvalue weighted by Gasteiger charge is -2.44. The number of nitrogens with zero attached hydrogens (tertiary/aromatic N) is 3. The Morgan fingerprint density at radius 1 is 0.933 bits per heavy atom. The van der Waals surface area contributed by atoms with Crippen LogP contribution in [0.25, 0.3) is 0 Å². The van der Waals surface area contributed by atoms with Crippen LogP contribution in [0.2, 0.25) is 0 Å². The topological polar surface area (TPSA) is 55.9 Å². The summed E-state index contributed by atoms with van der Waals surface area (Å²) in [7, 11) is -3.42. The third kappa shape index (κ3) is 4.70. The molecule has 1 saturated carbocycles. The number of hydrogen-bond donors (Lipinski definition) is 1. The Labute approximate surface area is 183 Å². The molecule has 0 radical (unpaired) electrons. The molecule has 0 amide bonds. The number of rotatable bonds is 5. The van der Waals surface area contributed by atoms with E-state index in [-0.39, 0.29) is 6.29 Å². The highest BCUT2D eigenvalue weighted by Crippen LogP contribution is 2.31. The minimum atomic E-state index is -3.42. The van der Waals surface area contributed by atoms with Gasteiger partial charge in [0.1, 0.15) is 6.29 Å². The van der Waals surface area contributed by atoms with Crippen LogP contribution in [0.1, 0.15) is 59.3 Å². The number of piperazine rings is 1. The first-order valence-electron chi connectivity index (χ1n) is 12.0. The Morgan fingerprint density at radius 2 is 1.60 bits per heavy atom. The Bertz CT molecular complexity index is 760. The lowest BCUT2D eigenvalue weighted by atomic mass is 9.86. The molecule has 1 N–H and O–H groups in total. The molecule has 7 heteroatoms. The molecule has 1 unspecified atom stereocenters. The van der Waals surface area contributed by atoms with Gasteiger partial charge in [-0.2, -0.15) is 4.31 Å². The molecule has 2 aliphatic heterocycles. The average Bonchev–Trinajstić information content (AvgIpc) is 3.25. The van der Waals surface area contributed by atoms with Gasteiger partial charge in [0.25, 0.3) is 0 Å². The maximum absolute atomic E-state index is 13.4. The SMILES string of the molecule is CC1CCC(N2CCN(C3NCCN3S(=O)(=O)C3=CC=C(C(C)C)CC3)CC2)CC1. The summed E-state index contributed by atoms with van der Waals surface area (Å²) in [6.45, 7) is 12.0. The van der Waals surface area contributed by atoms with Gasteiger partial charge >= 0.3 is 0 Å². The summed E-state index contributed by atoms with van der Waals surface area (Å²) in [6, 6.07) is 0.731. The van der Waals surface area contributed by atoms with Gasteiger partial charge < -0.3 is 0 Å². The monoisotopic (exact) mass is 436 g/mol. The van der Waals surface area contributed by atoms with Gasteiger partial charge in [-0.15, -0.1) is 0 Å². The van der Waals surface area contributed by atoms with Gasteiger partial charge in [-0.05, 0) is 56.4 Å². The molecule has 4 aliphatic rings. The first-order chi connectivity index (χ1) is 14.4. The van der Waals surface area contributed by atoms with Gasteiger partial charge in [-0.25, -0.2) is 8.42 Å². The molecule has 3 fully saturated rings. The highest BCUT2D eigenvalue weighted by molar-refractivity contribution is 7.93. The third-order valence-electron chi connectivity index (χ3n) is 7.65. The smallest absolute Gasteiger partial charge is 0.241 e. The highest BCUT2D eigenvalue weighted by Gasteiger charge is 2.41. The summed E-state index contributed by atoms with van der Waals surface area (Å²) in [5, 5.41) is 3.46. The molecule has 1 atom stereocenters. The van der Waals surface area contributed by atoms with Crippen LogP contribution in [0.3, 0.4) is 0 Å². The van der Waals surface area contributed by atoms with Crippen molar-refractivity contribution in [2.75, 3.05) is 39.3 Å². The summed E-state index contributed by atoms with van der Waals surface area (Å²) in [6.07, 6.45) is 10.5. The van der Waals surface area contributed by atoms with Crippen LogP contribution in [-0.2, 0) is 10.0 Å². The molecule has 0 aromatic heterocycles. The molecular formula is C23H40N4O2S. The van der Waals surface area contributed by atoms with E-state index in [4.69, 9.17) is 0 Å². The van der Waals surface area contributed by atoms with Crippen molar-refractivity contribution in [3.8, 4) is 0 Å². The number of hydrogen-bond acceptors (Lipinski definition) is 5. The maximum Gasteiger partial charge on any atom is 0.241 e. The van der Waals surface area contributed by atoms with Crippen molar-refractivity contribution in [1.82, 2.24) is 19.4 Å². The third-order valence-corrected chi connectivity index (χ3v) is 9.66. The zero-order chi connectivity index (χ0) is 21.3. The fourth-order valence-corrected chi connectivity index (χ4v) is 7.23. The van der Waals surface area contributed by atoms with Crippen molar-refractivity contribution >= 4 is 10.0 Å². The van der Waals surface area contributed by atoms with E-state index in [1.54, 1.807) is 4.31 Å². The zero-order valence-electron chi connectivity index (χ0n) is 19.0. The molecule has 0 bridgehead atoms. The summed E-state index contributed by atoms with van der Waals surface area (Å²) in [4.78, 5) is 5.57. The summed E-state index contributed by atoms with van der Waals surface area (Å²) in [5.41, 5.74) is 1.35. The standard InChI is InChI=1S/C23H40N4O2S/c1-18(2)20-6-10-22(11-7-20)30(28,29)27-13-12-24-23(27)26-16-14-25(15-17-26)21-8-4-19(3)5-9-21/h6,10,18-19,21,23-24H,4-5,7-9,11-17H2,1-3H3. The zero-order valence-corrected chi connectivity index (χ0v) is 19.8. The second-order valence-corrected chi connectivity index (χ2v) is 11.9. The second kappa shape index (κ2) is 9.41. The molecule has 0 aromatic carbocycles. The first-order valence-corrected chi connectivity index (χ1v) is 13.4. The lowest BCUT2D eigenvalue weighted by Crippen LogP contribution is -2.60. The summed E-state index contributed by atoms with van der Waals surface area (Å²) < 4.78 is 28.5. The molecule has 4 rings (SSSR count). The van der Waals surface area contributed by atoms with Crippen LogP contribution in [0.4, 0.5) is 0 Å². The molecule has 2 saturated heterocycles. The number of nitrogens with one attached hydrogen (secondary N) is 1. The van der Waals surface area contributed by atoms with Gasteiger partial charge in [0, 0.05) is 45.3 Å². The molecule has 0 aromatic rings. The Balaban J connectivity index is 1.38. The summed E-state index contributed by atoms with van der Waals surface area (Å²) in [5.74, 6) is 1.36. The first kappa shape index (κ1) is 22.5. The van der Waals surface area contributed by atoms with Crippen LogP contribution >= 0.6 is 0 Å². The predicted octanol–water partition coefficient (Wildman–Crippen LogP) is 2.96. The van der Waals surface area contributed by atoms with Crippen LogP contribution in [0.5, 0.6) is 0 Å². The van der Waals surface area contributed by atoms with Gasteiger partial charge in [0.15, 0.2) is 0 Å². The van der Waals surface area contributed by atoms with Crippen LogP contribution < -0.4 is 5.32 Å². The Kier molecular flexibility index (Phi) is 7.04. The normalized spacial score (nSPS) is 33.0. The lowest BCUT2D eigenvalue weighted by molar-refractivity contribution is 0.0236. The highest BCUT2D eigenvalue weighted by atomic mass is 32.2. The van der Waals surface area contributed by atoms with Crippen molar-refractivity contribution in [1.29, 1.82) is 0 Å². The van der Waals surface area contributed by atoms with E-state index in [9.17, 15) is 8.42 Å². The average molecular weight is 437 g/mol. The predicted molar refractivity (Wildman–Crippen MR) is 122 cm³/mol. The van der Waals surface area contributed by atoms with E-state index in [1.807, 2.05) is 12.2 Å². The minimum Gasteiger partial charge on any atom is -0.298 e. The quantitative estimate of drug-likeness (QED) is 0.718. The van der Waals surface area contributed by atoms with Gasteiger partial charge in [-0.3, -0.25) is 15.1 Å². The molecule has 2 aliphatic carbocycles. The van der Waals surface area contributed by atoms with Gasteiger partial charge in [-0.1, -0.05) is 32.4 Å². The fraction of sp³-hybridized carbons (Fsp3) is 0.826. The van der Waals surface area contributed by atoms with Crippen LogP contribution in [0, 0.1) is 11.8 Å². The largest absolute Gasteiger partial charge is 0.298 e. The molecule has 6 nitrogen and oxygen atoms in total. The molecular weight excluding hydrogens is 396 g/mol. The van der Waals surface area contributed by atoms with E-state index < -0.39 is 10.0 Å². The Hall–Kier alpha value is -0.730. The van der Waals surface area contributed by atoms with Crippen LogP contribution in [0.15, 0.2) is 22.6 Å². The van der Waals surface area contributed by atoms with Crippen molar-refractivity contribution in [2.24, 2.45) is 11.8 Å². The fourth-order valence-electron chi connectivity index (χ4n) is 5.53. The van der Waals surface area contributed by atoms with Crippen molar-refractivity contribution in [3.05, 3.63) is 22.6 Å². The number of allylic oxidation sites excluding steroid dienone is 4. The van der Waals surface area contributed by atoms with Gasteiger partial charge in [0.05, 0.1) is 4.91 Å². The van der Waals surface area contributed by atoms with Gasteiger partial charge in [0.2, 0.25) is 10.0 Å². The molecule has 2 heterocycles. The van der Waals surface area contributed by atoms with Crippen LogP contribution in [-0.4, -0.2) is 74.1 Å². The van der Waals surface area contributed by atoms with Crippen molar-refractivity contribution in [3.63, 3.8) is 0 Å². The van der Waals surface area contributed by atoms with E-state index >= 15 is 0 Å². The van der Waals surface area contributed by atoms with Crippen molar-refractivity contribution < 1.29 is 8.42 Å². The van der Waals surface area contributed by atoms with E-state index in [0.29, 0.717) is 23.8 Å². The summed E-state index contributed by atoms with van der Waals surface area (Å²) >= 11 is 0. The maximum atomic E-state index is 13.4. The van der Waals surface area contributed by atoms with E-state index in [0.717, 1.165) is 51.1 Å². The van der Waals surface area contributed by atoms with E-state index in [2.05, 4.69) is 35.9 Å². The Morgan fingerprint density at radius 3 is 2.20 bits per heavy atom. The second-order valence-electron chi connectivity index (χ2n) is 9.96. The molecule has 0 spiro atoms. The molecule has 30 heavy (non-hydrogen) atoms.